The zero-order chi connectivity index (χ0) is 13.7. The molecule has 0 aliphatic rings. The van der Waals surface area contributed by atoms with E-state index in [4.69, 9.17) is 0 Å². The van der Waals surface area contributed by atoms with Gasteiger partial charge in [-0.25, -0.2) is 0 Å². The third kappa shape index (κ3) is 3.96. The van der Waals surface area contributed by atoms with Gasteiger partial charge < -0.3 is 0 Å². The van der Waals surface area contributed by atoms with Crippen LogP contribution in [0.3, 0.4) is 0 Å². The van der Waals surface area contributed by atoms with Crippen LogP contribution in [-0.4, -0.2) is 0 Å². The predicted octanol–water partition coefficient (Wildman–Crippen LogP) is 6.36. The molecule has 3 heteroatoms. The van der Waals surface area contributed by atoms with Crippen LogP contribution >= 0.6 is 67.8 Å². The third-order valence-corrected chi connectivity index (χ3v) is 7.00. The van der Waals surface area contributed by atoms with Crippen molar-refractivity contribution in [3.05, 3.63) is 27.4 Å². The normalized spacial score (nSPS) is 11.0. The molecule has 0 nitrogen and oxygen atoms in total. The first-order chi connectivity index (χ1) is 8.58. The first-order valence-electron chi connectivity index (χ1n) is 6.75. The predicted molar refractivity (Wildman–Crippen MR) is 107 cm³/mol. The summed E-state index contributed by atoms with van der Waals surface area (Å²) in [6.45, 7) is 6.84. The van der Waals surface area contributed by atoms with Crippen LogP contribution in [0.5, 0.6) is 0 Å². The van der Waals surface area contributed by atoms with Crippen molar-refractivity contribution in [2.45, 2.75) is 59.3 Å². The van der Waals surface area contributed by atoms with Crippen molar-refractivity contribution in [1.82, 2.24) is 0 Å². The minimum atomic E-state index is 1.22. The summed E-state index contributed by atoms with van der Waals surface area (Å²) in [7, 11) is 0. The van der Waals surface area contributed by atoms with Crippen molar-refractivity contribution in [2.24, 2.45) is 0 Å². The van der Waals surface area contributed by atoms with E-state index in [2.05, 4.69) is 88.5 Å². The van der Waals surface area contributed by atoms with Crippen LogP contribution in [0.15, 0.2) is 0 Å². The third-order valence-electron chi connectivity index (χ3n) is 3.09. The first-order valence-corrected chi connectivity index (χ1v) is 9.99. The van der Waals surface area contributed by atoms with E-state index in [1.165, 1.54) is 49.2 Å². The number of rotatable bonds is 6. The molecule has 0 aliphatic heterocycles. The van der Waals surface area contributed by atoms with Gasteiger partial charge in [-0.3, -0.25) is 0 Å². The average Bonchev–Trinajstić information content (AvgIpc) is 2.35. The van der Waals surface area contributed by atoms with E-state index in [9.17, 15) is 0 Å². The highest BCUT2D eigenvalue weighted by atomic mass is 127. The van der Waals surface area contributed by atoms with Crippen LogP contribution in [0.1, 0.15) is 56.7 Å². The molecule has 18 heavy (non-hydrogen) atoms. The molecule has 102 valence electrons. The maximum atomic E-state index is 2.57. The lowest BCUT2D eigenvalue weighted by Crippen LogP contribution is -2.08. The van der Waals surface area contributed by atoms with Crippen molar-refractivity contribution in [2.75, 3.05) is 0 Å². The van der Waals surface area contributed by atoms with Gasteiger partial charge in [0.05, 0.1) is 0 Å². The van der Waals surface area contributed by atoms with Crippen molar-refractivity contribution in [3.63, 3.8) is 0 Å². The quantitative estimate of drug-likeness (QED) is 0.343. The largest absolute Gasteiger partial charge is 0.0651 e. The number of hydrogen-bond acceptors (Lipinski definition) is 0. The number of hydrogen-bond donors (Lipinski definition) is 0. The molecule has 1 rings (SSSR count). The topological polar surface area (TPSA) is 0 Å². The Balaban J connectivity index is 3.42. The highest BCUT2D eigenvalue weighted by Gasteiger charge is 2.18. The summed E-state index contributed by atoms with van der Waals surface area (Å²) >= 11 is 7.72. The van der Waals surface area contributed by atoms with Gasteiger partial charge in [0.1, 0.15) is 0 Å². The smallest absolute Gasteiger partial charge is 0.0215 e. The van der Waals surface area contributed by atoms with Gasteiger partial charge in [0.15, 0.2) is 0 Å². The molecule has 0 aromatic heterocycles. The van der Waals surface area contributed by atoms with Gasteiger partial charge >= 0.3 is 0 Å². The zero-order valence-corrected chi connectivity index (χ0v) is 17.8. The highest BCUT2D eigenvalue weighted by Crippen LogP contribution is 2.34. The number of halogens is 3. The second-order valence-electron chi connectivity index (χ2n) is 4.63. The fraction of sp³-hybridized carbons (Fsp3) is 0.600. The molecule has 0 aliphatic carbocycles. The Bertz CT molecular complexity index is 328. The molecule has 0 saturated heterocycles. The Labute approximate surface area is 153 Å². The van der Waals surface area contributed by atoms with Crippen molar-refractivity contribution >= 4 is 67.8 Å². The molecule has 0 fully saturated rings. The van der Waals surface area contributed by atoms with Crippen LogP contribution in [0.4, 0.5) is 0 Å². The van der Waals surface area contributed by atoms with Gasteiger partial charge in [0.25, 0.3) is 0 Å². The monoisotopic (exact) mass is 582 g/mol. The molecule has 0 amide bonds. The van der Waals surface area contributed by atoms with Crippen molar-refractivity contribution in [1.29, 1.82) is 0 Å². The fourth-order valence-electron chi connectivity index (χ4n) is 2.24. The summed E-state index contributed by atoms with van der Waals surface area (Å²) in [5.74, 6) is 0. The molecule has 0 spiro atoms. The van der Waals surface area contributed by atoms with Crippen LogP contribution in [-0.2, 0) is 19.3 Å². The summed E-state index contributed by atoms with van der Waals surface area (Å²) in [6, 6.07) is 0. The van der Waals surface area contributed by atoms with Gasteiger partial charge in [-0.1, -0.05) is 40.0 Å². The van der Waals surface area contributed by atoms with Gasteiger partial charge in [-0.15, -0.1) is 0 Å². The van der Waals surface area contributed by atoms with E-state index < -0.39 is 0 Å². The second-order valence-corrected chi connectivity index (χ2v) is 7.86. The van der Waals surface area contributed by atoms with E-state index in [0.717, 1.165) is 0 Å². The molecule has 0 saturated carbocycles. The Hall–Kier alpha value is 1.41. The molecule has 0 unspecified atom stereocenters. The molecule has 0 atom stereocenters. The minimum absolute atomic E-state index is 1.22. The summed E-state index contributed by atoms with van der Waals surface area (Å²) in [5.41, 5.74) is 4.81. The van der Waals surface area contributed by atoms with E-state index in [1.807, 2.05) is 0 Å². The minimum Gasteiger partial charge on any atom is -0.0651 e. The molecular formula is C15H21I3. The van der Waals surface area contributed by atoms with Crippen LogP contribution in [0.25, 0.3) is 0 Å². The second kappa shape index (κ2) is 8.64. The Kier molecular flexibility index (Phi) is 8.38. The molecule has 0 radical (unpaired) electrons. The maximum absolute atomic E-state index is 2.57. The molecule has 0 bridgehead atoms. The lowest BCUT2D eigenvalue weighted by Gasteiger charge is -2.19. The standard InChI is InChI=1S/C15H21I3/c1-4-7-10-13(16)11(8-5-2)15(18)12(9-6-3)14(10)17/h4-9H2,1-3H3. The van der Waals surface area contributed by atoms with Crippen LogP contribution in [0.2, 0.25) is 0 Å². The van der Waals surface area contributed by atoms with Crippen LogP contribution < -0.4 is 0 Å². The molecule has 0 heterocycles. The van der Waals surface area contributed by atoms with Crippen molar-refractivity contribution in [3.8, 4) is 0 Å². The lowest BCUT2D eigenvalue weighted by atomic mass is 9.98. The van der Waals surface area contributed by atoms with E-state index in [0.29, 0.717) is 0 Å². The van der Waals surface area contributed by atoms with Gasteiger partial charge in [-0.05, 0) is 104 Å². The SMILES string of the molecule is CCCc1c(I)c(CCC)c(I)c(CCC)c1I. The lowest BCUT2D eigenvalue weighted by molar-refractivity contribution is 0.847. The Morgan fingerprint density at radius 3 is 0.944 bits per heavy atom. The fourth-order valence-corrected chi connectivity index (χ4v) is 7.03. The maximum Gasteiger partial charge on any atom is 0.0215 e. The molecule has 1 aromatic rings. The summed E-state index contributed by atoms with van der Waals surface area (Å²) in [6.07, 6.45) is 7.39. The summed E-state index contributed by atoms with van der Waals surface area (Å²) in [4.78, 5) is 0. The Morgan fingerprint density at radius 2 is 0.778 bits per heavy atom. The van der Waals surface area contributed by atoms with Gasteiger partial charge in [0, 0.05) is 10.7 Å². The van der Waals surface area contributed by atoms with Crippen molar-refractivity contribution < 1.29 is 0 Å². The molecule has 1 aromatic carbocycles. The van der Waals surface area contributed by atoms with Gasteiger partial charge in [0.2, 0.25) is 0 Å². The van der Waals surface area contributed by atoms with E-state index in [1.54, 1.807) is 16.7 Å². The van der Waals surface area contributed by atoms with E-state index in [-0.39, 0.29) is 0 Å². The van der Waals surface area contributed by atoms with Gasteiger partial charge in [-0.2, -0.15) is 0 Å². The summed E-state index contributed by atoms with van der Waals surface area (Å²) in [5, 5.41) is 0. The molecular weight excluding hydrogens is 561 g/mol. The average molecular weight is 582 g/mol. The first kappa shape index (κ1) is 17.5. The summed E-state index contributed by atoms with van der Waals surface area (Å²) < 4.78 is 4.60. The Morgan fingerprint density at radius 1 is 0.556 bits per heavy atom. The highest BCUT2D eigenvalue weighted by molar-refractivity contribution is 14.1. The van der Waals surface area contributed by atoms with E-state index >= 15 is 0 Å². The number of benzene rings is 1. The zero-order valence-electron chi connectivity index (χ0n) is 11.4. The van der Waals surface area contributed by atoms with Crippen LogP contribution in [0, 0.1) is 10.7 Å². The molecule has 0 N–H and O–H groups in total.